The second-order valence-electron chi connectivity index (χ2n) is 4.11. The zero-order valence-electron chi connectivity index (χ0n) is 10.2. The Bertz CT molecular complexity index is 486. The molecule has 0 unspecified atom stereocenters. The van der Waals surface area contributed by atoms with Gasteiger partial charge in [-0.2, -0.15) is 0 Å². The molecule has 2 nitrogen and oxygen atoms in total. The highest BCUT2D eigenvalue weighted by Gasteiger charge is 2.05. The molecule has 0 bridgehead atoms. The highest BCUT2D eigenvalue weighted by Crippen LogP contribution is 2.26. The van der Waals surface area contributed by atoms with E-state index in [1.165, 1.54) is 11.1 Å². The SMILES string of the molecule is CCc1ccc(CNCc2cc(Br)c(Br)o2)cc1. The Balaban J connectivity index is 1.84. The second-order valence-corrected chi connectivity index (χ2v) is 5.68. The van der Waals surface area contributed by atoms with Crippen LogP contribution in [0.5, 0.6) is 0 Å². The van der Waals surface area contributed by atoms with Gasteiger partial charge >= 0.3 is 0 Å². The summed E-state index contributed by atoms with van der Waals surface area (Å²) in [6.07, 6.45) is 1.09. The van der Waals surface area contributed by atoms with Crippen molar-refractivity contribution >= 4 is 31.9 Å². The van der Waals surface area contributed by atoms with E-state index >= 15 is 0 Å². The molecule has 0 radical (unpaired) electrons. The Hall–Kier alpha value is -0.580. The van der Waals surface area contributed by atoms with E-state index in [0.29, 0.717) is 0 Å². The molecule has 4 heteroatoms. The fourth-order valence-electron chi connectivity index (χ4n) is 1.70. The number of furan rings is 1. The maximum Gasteiger partial charge on any atom is 0.183 e. The lowest BCUT2D eigenvalue weighted by atomic mass is 10.1. The molecular formula is C14H15Br2NO. The molecule has 0 aliphatic heterocycles. The molecule has 2 aromatic rings. The molecule has 1 aromatic carbocycles. The van der Waals surface area contributed by atoms with Gasteiger partial charge in [0.05, 0.1) is 11.0 Å². The monoisotopic (exact) mass is 371 g/mol. The maximum absolute atomic E-state index is 5.50. The molecule has 0 spiro atoms. The molecule has 18 heavy (non-hydrogen) atoms. The van der Waals surface area contributed by atoms with Gasteiger partial charge in [-0.3, -0.25) is 0 Å². The molecule has 1 heterocycles. The molecular weight excluding hydrogens is 358 g/mol. The summed E-state index contributed by atoms with van der Waals surface area (Å²) in [6, 6.07) is 10.7. The first kappa shape index (κ1) is 13.8. The van der Waals surface area contributed by atoms with Gasteiger partial charge in [0.15, 0.2) is 4.67 Å². The molecule has 0 fully saturated rings. The fourth-order valence-corrected chi connectivity index (χ4v) is 2.36. The van der Waals surface area contributed by atoms with E-state index in [4.69, 9.17) is 4.42 Å². The number of rotatable bonds is 5. The van der Waals surface area contributed by atoms with E-state index in [2.05, 4.69) is 68.4 Å². The van der Waals surface area contributed by atoms with Gasteiger partial charge in [0.25, 0.3) is 0 Å². The minimum absolute atomic E-state index is 0.722. The second kappa shape index (κ2) is 6.55. The first-order valence-electron chi connectivity index (χ1n) is 5.91. The van der Waals surface area contributed by atoms with Crippen LogP contribution in [0.3, 0.4) is 0 Å². The van der Waals surface area contributed by atoms with E-state index in [0.717, 1.165) is 34.4 Å². The Morgan fingerprint density at radius 3 is 2.28 bits per heavy atom. The Labute approximate surface area is 124 Å². The average Bonchev–Trinajstić information content (AvgIpc) is 2.69. The molecule has 0 saturated carbocycles. The van der Waals surface area contributed by atoms with Crippen LogP contribution in [0.4, 0.5) is 0 Å². The maximum atomic E-state index is 5.50. The van der Waals surface area contributed by atoms with E-state index in [-0.39, 0.29) is 0 Å². The summed E-state index contributed by atoms with van der Waals surface area (Å²) < 4.78 is 7.19. The first-order valence-corrected chi connectivity index (χ1v) is 7.50. The van der Waals surface area contributed by atoms with Crippen molar-refractivity contribution in [3.63, 3.8) is 0 Å². The number of hydrogen-bond donors (Lipinski definition) is 1. The molecule has 96 valence electrons. The van der Waals surface area contributed by atoms with Crippen molar-refractivity contribution in [2.45, 2.75) is 26.4 Å². The molecule has 2 rings (SSSR count). The number of nitrogens with one attached hydrogen (secondary N) is 1. The van der Waals surface area contributed by atoms with Crippen molar-refractivity contribution in [2.75, 3.05) is 0 Å². The normalized spacial score (nSPS) is 10.8. The van der Waals surface area contributed by atoms with Gasteiger partial charge in [-0.05, 0) is 55.5 Å². The average molecular weight is 373 g/mol. The molecule has 0 amide bonds. The van der Waals surface area contributed by atoms with Crippen LogP contribution in [-0.2, 0) is 19.5 Å². The van der Waals surface area contributed by atoms with Crippen molar-refractivity contribution in [3.8, 4) is 0 Å². The summed E-state index contributed by atoms with van der Waals surface area (Å²) in [5.74, 6) is 0.916. The van der Waals surface area contributed by atoms with E-state index in [9.17, 15) is 0 Å². The number of benzene rings is 1. The summed E-state index contributed by atoms with van der Waals surface area (Å²) in [5, 5.41) is 3.36. The zero-order valence-corrected chi connectivity index (χ0v) is 13.3. The standard InChI is InChI=1S/C14H15Br2NO/c1-2-10-3-5-11(6-4-10)8-17-9-12-7-13(15)14(16)18-12/h3-7,17H,2,8-9H2,1H3. The number of hydrogen-bond acceptors (Lipinski definition) is 2. The third-order valence-corrected chi connectivity index (χ3v) is 4.47. The summed E-state index contributed by atoms with van der Waals surface area (Å²) in [5.41, 5.74) is 2.66. The quantitative estimate of drug-likeness (QED) is 0.825. The molecule has 0 saturated heterocycles. The van der Waals surface area contributed by atoms with Gasteiger partial charge in [-0.1, -0.05) is 31.2 Å². The number of halogens is 2. The van der Waals surface area contributed by atoms with Crippen LogP contribution in [0.2, 0.25) is 0 Å². The third-order valence-electron chi connectivity index (χ3n) is 2.76. The predicted octanol–water partition coefficient (Wildman–Crippen LogP) is 4.66. The highest BCUT2D eigenvalue weighted by molar-refractivity contribution is 9.13. The van der Waals surface area contributed by atoms with Gasteiger partial charge in [0, 0.05) is 6.54 Å². The topological polar surface area (TPSA) is 25.2 Å². The summed E-state index contributed by atoms with van der Waals surface area (Å²) in [7, 11) is 0. The van der Waals surface area contributed by atoms with Crippen LogP contribution in [0.25, 0.3) is 0 Å². The van der Waals surface area contributed by atoms with Gasteiger partial charge < -0.3 is 9.73 Å². The lowest BCUT2D eigenvalue weighted by Gasteiger charge is -2.04. The van der Waals surface area contributed by atoms with Crippen LogP contribution < -0.4 is 5.32 Å². The summed E-state index contributed by atoms with van der Waals surface area (Å²) >= 11 is 6.73. The number of aryl methyl sites for hydroxylation is 1. The Morgan fingerprint density at radius 1 is 1.06 bits per heavy atom. The van der Waals surface area contributed by atoms with Crippen LogP contribution in [0.15, 0.2) is 43.9 Å². The largest absolute Gasteiger partial charge is 0.452 e. The lowest BCUT2D eigenvalue weighted by Crippen LogP contribution is -2.12. The summed E-state index contributed by atoms with van der Waals surface area (Å²) in [4.78, 5) is 0. The van der Waals surface area contributed by atoms with Gasteiger partial charge in [0.2, 0.25) is 0 Å². The predicted molar refractivity (Wildman–Crippen MR) is 80.5 cm³/mol. The molecule has 0 aliphatic rings. The minimum atomic E-state index is 0.722. The fraction of sp³-hybridized carbons (Fsp3) is 0.286. The van der Waals surface area contributed by atoms with Crippen molar-refractivity contribution in [3.05, 3.63) is 56.4 Å². The zero-order chi connectivity index (χ0) is 13.0. The van der Waals surface area contributed by atoms with Gasteiger partial charge in [-0.25, -0.2) is 0 Å². The van der Waals surface area contributed by atoms with Gasteiger partial charge in [-0.15, -0.1) is 0 Å². The molecule has 1 aromatic heterocycles. The first-order chi connectivity index (χ1) is 8.69. The van der Waals surface area contributed by atoms with Crippen molar-refractivity contribution in [1.29, 1.82) is 0 Å². The minimum Gasteiger partial charge on any atom is -0.452 e. The Morgan fingerprint density at radius 2 is 1.72 bits per heavy atom. The van der Waals surface area contributed by atoms with Gasteiger partial charge in [0.1, 0.15) is 5.76 Å². The van der Waals surface area contributed by atoms with E-state index < -0.39 is 0 Å². The lowest BCUT2D eigenvalue weighted by molar-refractivity contribution is 0.464. The third kappa shape index (κ3) is 3.70. The van der Waals surface area contributed by atoms with Crippen LogP contribution >= 0.6 is 31.9 Å². The molecule has 0 aliphatic carbocycles. The van der Waals surface area contributed by atoms with Crippen LogP contribution in [0.1, 0.15) is 23.8 Å². The highest BCUT2D eigenvalue weighted by atomic mass is 79.9. The van der Waals surface area contributed by atoms with Crippen molar-refractivity contribution < 1.29 is 4.42 Å². The van der Waals surface area contributed by atoms with Crippen molar-refractivity contribution in [1.82, 2.24) is 5.32 Å². The van der Waals surface area contributed by atoms with Crippen LogP contribution in [0, 0.1) is 0 Å². The van der Waals surface area contributed by atoms with Crippen molar-refractivity contribution in [2.24, 2.45) is 0 Å². The summed E-state index contributed by atoms with van der Waals surface area (Å²) in [6.45, 7) is 3.74. The molecule has 0 atom stereocenters. The van der Waals surface area contributed by atoms with E-state index in [1.807, 2.05) is 6.07 Å². The Kier molecular flexibility index (Phi) is 5.03. The smallest absolute Gasteiger partial charge is 0.183 e. The van der Waals surface area contributed by atoms with E-state index in [1.54, 1.807) is 0 Å². The molecule has 1 N–H and O–H groups in total. The van der Waals surface area contributed by atoms with Crippen LogP contribution in [-0.4, -0.2) is 0 Å².